The van der Waals surface area contributed by atoms with Crippen molar-refractivity contribution >= 4 is 38.9 Å². The third-order valence-electron chi connectivity index (χ3n) is 12.9. The molecule has 5 fully saturated rings. The van der Waals surface area contributed by atoms with E-state index in [0.29, 0.717) is 11.3 Å². The Bertz CT molecular complexity index is 2040. The number of fused-ring (bicyclic) bond motifs is 3. The van der Waals surface area contributed by atoms with E-state index in [9.17, 15) is 0 Å². The van der Waals surface area contributed by atoms with Crippen LogP contribution in [0.25, 0.3) is 27.5 Å². The smallest absolute Gasteiger partial charge is 0.0542 e. The van der Waals surface area contributed by atoms with Crippen LogP contribution in [0.15, 0.2) is 121 Å². The lowest BCUT2D eigenvalue weighted by Gasteiger charge is -2.57. The van der Waals surface area contributed by atoms with E-state index >= 15 is 0 Å². The summed E-state index contributed by atoms with van der Waals surface area (Å²) in [6.07, 6.45) is 15.5. The average molecular weight is 627 g/mol. The summed E-state index contributed by atoms with van der Waals surface area (Å²) in [5.74, 6) is 3.58. The van der Waals surface area contributed by atoms with E-state index in [0.717, 1.165) is 17.8 Å². The molecule has 0 unspecified atom stereocenters. The molecule has 0 atom stereocenters. The van der Waals surface area contributed by atoms with E-state index in [1.165, 1.54) is 121 Å². The summed E-state index contributed by atoms with van der Waals surface area (Å²) in [5.41, 5.74) is 10.9. The van der Waals surface area contributed by atoms with Crippen molar-refractivity contribution in [1.29, 1.82) is 0 Å². The van der Waals surface area contributed by atoms with Crippen molar-refractivity contribution in [2.24, 2.45) is 17.8 Å². The van der Waals surface area contributed by atoms with Crippen molar-refractivity contribution in [2.75, 3.05) is 4.90 Å². The minimum Gasteiger partial charge on any atom is -0.310 e. The van der Waals surface area contributed by atoms with Gasteiger partial charge in [0.25, 0.3) is 0 Å². The molecule has 48 heavy (non-hydrogen) atoms. The number of anilines is 3. The standard InChI is InChI=1S/C46H46N2/c1-3-9-35(10-4-1)36-15-19-39(20-16-36)47(40-21-17-37(18-22-40)46-29-32-25-33(30-46)27-34(26-32)31-46)41-23-24-45-43(28-41)42-13-7-8-14-44(42)48(45)38-11-5-2-6-12-38/h2,5-8,11-24,28,32-35H,1,3-4,9-10,25-27,29-31H2. The third kappa shape index (κ3) is 4.74. The molecule has 240 valence electrons. The van der Waals surface area contributed by atoms with Crippen LogP contribution in [0.5, 0.6) is 0 Å². The normalized spacial score (nSPS) is 25.2. The Kier molecular flexibility index (Phi) is 6.81. The van der Waals surface area contributed by atoms with Gasteiger partial charge in [0.1, 0.15) is 0 Å². The Morgan fingerprint density at radius 1 is 0.521 bits per heavy atom. The van der Waals surface area contributed by atoms with Gasteiger partial charge in [0.15, 0.2) is 0 Å². The summed E-state index contributed by atoms with van der Waals surface area (Å²) >= 11 is 0. The fraction of sp³-hybridized carbons (Fsp3) is 0.348. The first-order valence-corrected chi connectivity index (χ1v) is 18.8. The van der Waals surface area contributed by atoms with Gasteiger partial charge in [-0.15, -0.1) is 0 Å². The molecule has 0 N–H and O–H groups in total. The Morgan fingerprint density at radius 3 is 1.79 bits per heavy atom. The molecular formula is C46H46N2. The lowest BCUT2D eigenvalue weighted by Crippen LogP contribution is -2.48. The summed E-state index contributed by atoms with van der Waals surface area (Å²) in [6, 6.07) is 46.3. The Morgan fingerprint density at radius 2 is 1.10 bits per heavy atom. The molecule has 5 aromatic carbocycles. The quantitative estimate of drug-likeness (QED) is 0.179. The van der Waals surface area contributed by atoms with E-state index < -0.39 is 0 Å². The van der Waals surface area contributed by atoms with E-state index in [1.54, 1.807) is 5.56 Å². The van der Waals surface area contributed by atoms with Crippen LogP contribution in [-0.2, 0) is 5.41 Å². The third-order valence-corrected chi connectivity index (χ3v) is 12.9. The molecule has 5 saturated carbocycles. The van der Waals surface area contributed by atoms with Crippen LogP contribution in [0.2, 0.25) is 0 Å². The molecule has 5 aliphatic carbocycles. The molecule has 6 aromatic rings. The minimum absolute atomic E-state index is 0.415. The molecule has 0 saturated heterocycles. The summed E-state index contributed by atoms with van der Waals surface area (Å²) in [4.78, 5) is 2.50. The van der Waals surface area contributed by atoms with E-state index in [4.69, 9.17) is 0 Å². The second-order valence-electron chi connectivity index (χ2n) is 15.9. The molecule has 0 amide bonds. The predicted molar refractivity (Wildman–Crippen MR) is 201 cm³/mol. The highest BCUT2D eigenvalue weighted by atomic mass is 15.1. The topological polar surface area (TPSA) is 8.17 Å². The van der Waals surface area contributed by atoms with Crippen LogP contribution in [0.3, 0.4) is 0 Å². The largest absolute Gasteiger partial charge is 0.310 e. The van der Waals surface area contributed by atoms with Gasteiger partial charge in [-0.3, -0.25) is 0 Å². The van der Waals surface area contributed by atoms with Gasteiger partial charge in [-0.2, -0.15) is 0 Å². The number of hydrogen-bond acceptors (Lipinski definition) is 1. The zero-order valence-electron chi connectivity index (χ0n) is 28.0. The van der Waals surface area contributed by atoms with E-state index in [-0.39, 0.29) is 0 Å². The molecule has 0 aliphatic heterocycles. The molecular weight excluding hydrogens is 581 g/mol. The van der Waals surface area contributed by atoms with Crippen molar-refractivity contribution in [2.45, 2.75) is 82.0 Å². The molecule has 11 rings (SSSR count). The molecule has 2 heteroatoms. The van der Waals surface area contributed by atoms with Crippen molar-refractivity contribution in [1.82, 2.24) is 4.57 Å². The van der Waals surface area contributed by atoms with Crippen LogP contribution in [0.4, 0.5) is 17.1 Å². The number of hydrogen-bond donors (Lipinski definition) is 0. The van der Waals surface area contributed by atoms with Gasteiger partial charge in [-0.1, -0.05) is 79.9 Å². The maximum atomic E-state index is 2.51. The fourth-order valence-electron chi connectivity index (χ4n) is 11.2. The Hall–Kier alpha value is -4.30. The molecule has 2 nitrogen and oxygen atoms in total. The number of para-hydroxylation sites is 2. The van der Waals surface area contributed by atoms with E-state index in [1.807, 2.05) is 0 Å². The van der Waals surface area contributed by atoms with Crippen LogP contribution in [0.1, 0.15) is 87.7 Å². The molecule has 4 bridgehead atoms. The van der Waals surface area contributed by atoms with Gasteiger partial charge < -0.3 is 9.47 Å². The number of nitrogens with zero attached hydrogens (tertiary/aromatic N) is 2. The monoisotopic (exact) mass is 626 g/mol. The van der Waals surface area contributed by atoms with Crippen LogP contribution in [0, 0.1) is 17.8 Å². The van der Waals surface area contributed by atoms with Gasteiger partial charge in [0.2, 0.25) is 0 Å². The van der Waals surface area contributed by atoms with Gasteiger partial charge in [0, 0.05) is 33.5 Å². The number of benzene rings is 5. The van der Waals surface area contributed by atoms with Crippen LogP contribution < -0.4 is 4.90 Å². The van der Waals surface area contributed by atoms with Crippen LogP contribution >= 0.6 is 0 Å². The molecule has 0 spiro atoms. The van der Waals surface area contributed by atoms with Crippen molar-refractivity contribution in [3.05, 3.63) is 132 Å². The second-order valence-corrected chi connectivity index (χ2v) is 15.9. The molecule has 1 heterocycles. The lowest BCUT2D eigenvalue weighted by molar-refractivity contribution is -0.00518. The SMILES string of the molecule is c1ccc(-n2c3ccccc3c3cc(N(c4ccc(C5CCCCC5)cc4)c4ccc(C56CC7CC(CC(C7)C5)C6)cc4)ccc32)cc1. The zero-order valence-corrected chi connectivity index (χ0v) is 28.0. The highest BCUT2D eigenvalue weighted by molar-refractivity contribution is 6.10. The minimum atomic E-state index is 0.415. The first-order chi connectivity index (χ1) is 23.7. The first-order valence-electron chi connectivity index (χ1n) is 18.8. The first kappa shape index (κ1) is 28.7. The maximum Gasteiger partial charge on any atom is 0.0542 e. The maximum absolute atomic E-state index is 2.51. The summed E-state index contributed by atoms with van der Waals surface area (Å²) < 4.78 is 2.41. The molecule has 0 radical (unpaired) electrons. The van der Waals surface area contributed by atoms with Crippen LogP contribution in [-0.4, -0.2) is 4.57 Å². The molecule has 5 aliphatic rings. The summed E-state index contributed by atoms with van der Waals surface area (Å²) in [5, 5.41) is 2.59. The van der Waals surface area contributed by atoms with Crippen molar-refractivity contribution < 1.29 is 0 Å². The van der Waals surface area contributed by atoms with Gasteiger partial charge in [-0.25, -0.2) is 0 Å². The van der Waals surface area contributed by atoms with Gasteiger partial charge in [0.05, 0.1) is 11.0 Å². The number of aromatic nitrogens is 1. The lowest BCUT2D eigenvalue weighted by atomic mass is 9.48. The number of rotatable bonds is 6. The highest BCUT2D eigenvalue weighted by Gasteiger charge is 2.51. The highest BCUT2D eigenvalue weighted by Crippen LogP contribution is 2.61. The van der Waals surface area contributed by atoms with Crippen molar-refractivity contribution in [3.8, 4) is 5.69 Å². The van der Waals surface area contributed by atoms with Crippen molar-refractivity contribution in [3.63, 3.8) is 0 Å². The van der Waals surface area contributed by atoms with Gasteiger partial charge in [-0.05, 0) is 152 Å². The Labute approximate surface area is 285 Å². The summed E-state index contributed by atoms with van der Waals surface area (Å²) in [6.45, 7) is 0. The predicted octanol–water partition coefficient (Wildman–Crippen LogP) is 12.8. The second kappa shape index (κ2) is 11.4. The fourth-order valence-corrected chi connectivity index (χ4v) is 11.2. The average Bonchev–Trinajstić information content (AvgIpc) is 3.46. The molecule has 1 aromatic heterocycles. The Balaban J connectivity index is 1.08. The van der Waals surface area contributed by atoms with E-state index in [2.05, 4.69) is 131 Å². The summed E-state index contributed by atoms with van der Waals surface area (Å²) in [7, 11) is 0. The zero-order chi connectivity index (χ0) is 31.7. The van der Waals surface area contributed by atoms with Gasteiger partial charge >= 0.3 is 0 Å².